The first-order valence-electron chi connectivity index (χ1n) is 8.35. The molecular formula is C19H20ClN5OS. The molecule has 0 aliphatic heterocycles. The summed E-state index contributed by atoms with van der Waals surface area (Å²) in [6.45, 7) is 1.84. The Morgan fingerprint density at radius 2 is 1.96 bits per heavy atom. The molecule has 3 rings (SSSR count). The van der Waals surface area contributed by atoms with Gasteiger partial charge in [0.05, 0.1) is 10.9 Å². The molecule has 0 aliphatic carbocycles. The molecule has 8 heteroatoms. The molecule has 0 aliphatic rings. The highest BCUT2D eigenvalue weighted by Gasteiger charge is 2.18. The first-order valence-corrected chi connectivity index (χ1v) is 9.60. The van der Waals surface area contributed by atoms with Gasteiger partial charge in [-0.3, -0.25) is 9.36 Å². The Labute approximate surface area is 167 Å². The second kappa shape index (κ2) is 8.45. The number of nitrogens with one attached hydrogen (secondary N) is 1. The molecule has 1 heterocycles. The number of halogens is 1. The number of thioether (sulfide) groups is 1. The van der Waals surface area contributed by atoms with E-state index in [1.54, 1.807) is 12.4 Å². The highest BCUT2D eigenvalue weighted by Crippen LogP contribution is 2.26. The number of benzene rings is 2. The molecule has 1 aromatic heterocycles. The van der Waals surface area contributed by atoms with Gasteiger partial charge >= 0.3 is 0 Å². The lowest BCUT2D eigenvalue weighted by Gasteiger charge is -2.15. The number of rotatable bonds is 6. The highest BCUT2D eigenvalue weighted by molar-refractivity contribution is 8.00. The zero-order valence-electron chi connectivity index (χ0n) is 15.3. The average Bonchev–Trinajstić information content (AvgIpc) is 3.10. The van der Waals surface area contributed by atoms with Gasteiger partial charge < -0.3 is 10.2 Å². The van der Waals surface area contributed by atoms with E-state index in [1.807, 2.05) is 73.0 Å². The number of nitrogens with zero attached hydrogens (tertiary/aromatic N) is 4. The standard InChI is InChI=1S/C19H20ClN5OS/c1-13(18(26)22-15-7-9-16(10-8-15)24(2)3)27-19-23-21-12-25(19)17-6-4-5-14(20)11-17/h4-13H,1-3H3,(H,22,26). The van der Waals surface area contributed by atoms with Crippen molar-refractivity contribution in [2.45, 2.75) is 17.3 Å². The molecule has 6 nitrogen and oxygen atoms in total. The van der Waals surface area contributed by atoms with Crippen molar-refractivity contribution in [3.8, 4) is 5.69 Å². The molecular weight excluding hydrogens is 382 g/mol. The van der Waals surface area contributed by atoms with Crippen molar-refractivity contribution in [3.63, 3.8) is 0 Å². The van der Waals surface area contributed by atoms with Crippen LogP contribution in [-0.4, -0.2) is 40.0 Å². The van der Waals surface area contributed by atoms with Gasteiger partial charge in [0.1, 0.15) is 6.33 Å². The topological polar surface area (TPSA) is 63.1 Å². The minimum absolute atomic E-state index is 0.0988. The number of amides is 1. The summed E-state index contributed by atoms with van der Waals surface area (Å²) >= 11 is 7.40. The quantitative estimate of drug-likeness (QED) is 0.630. The average molecular weight is 402 g/mol. The van der Waals surface area contributed by atoms with Gasteiger partial charge in [0.25, 0.3) is 0 Å². The van der Waals surface area contributed by atoms with E-state index in [0.29, 0.717) is 10.2 Å². The summed E-state index contributed by atoms with van der Waals surface area (Å²) < 4.78 is 1.81. The van der Waals surface area contributed by atoms with Crippen molar-refractivity contribution in [2.24, 2.45) is 0 Å². The Balaban J connectivity index is 1.68. The van der Waals surface area contributed by atoms with Crippen LogP contribution in [0.5, 0.6) is 0 Å². The van der Waals surface area contributed by atoms with Crippen molar-refractivity contribution in [1.82, 2.24) is 14.8 Å². The molecule has 0 bridgehead atoms. The van der Waals surface area contributed by atoms with Crippen LogP contribution in [0.2, 0.25) is 5.02 Å². The van der Waals surface area contributed by atoms with E-state index < -0.39 is 0 Å². The summed E-state index contributed by atoms with van der Waals surface area (Å²) in [4.78, 5) is 14.5. The largest absolute Gasteiger partial charge is 0.378 e. The van der Waals surface area contributed by atoms with Crippen LogP contribution in [0.4, 0.5) is 11.4 Å². The predicted octanol–water partition coefficient (Wildman–Crippen LogP) is 4.11. The third-order valence-corrected chi connectivity index (χ3v) is 5.20. The van der Waals surface area contributed by atoms with Gasteiger partial charge in [0.15, 0.2) is 5.16 Å². The van der Waals surface area contributed by atoms with Gasteiger partial charge in [0.2, 0.25) is 5.91 Å². The van der Waals surface area contributed by atoms with E-state index in [0.717, 1.165) is 17.1 Å². The first kappa shape index (κ1) is 19.3. The molecule has 140 valence electrons. The lowest BCUT2D eigenvalue weighted by molar-refractivity contribution is -0.115. The molecule has 1 atom stereocenters. The zero-order valence-corrected chi connectivity index (χ0v) is 16.8. The Kier molecular flexibility index (Phi) is 6.03. The van der Waals surface area contributed by atoms with Gasteiger partial charge in [-0.1, -0.05) is 29.4 Å². The minimum atomic E-state index is -0.347. The van der Waals surface area contributed by atoms with E-state index in [-0.39, 0.29) is 11.2 Å². The maximum Gasteiger partial charge on any atom is 0.237 e. The molecule has 1 N–H and O–H groups in total. The predicted molar refractivity (Wildman–Crippen MR) is 111 cm³/mol. The molecule has 1 amide bonds. The van der Waals surface area contributed by atoms with Crippen LogP contribution in [-0.2, 0) is 4.79 Å². The first-order chi connectivity index (χ1) is 12.9. The molecule has 0 radical (unpaired) electrons. The highest BCUT2D eigenvalue weighted by atomic mass is 35.5. The molecule has 0 fully saturated rings. The van der Waals surface area contributed by atoms with Gasteiger partial charge in [-0.25, -0.2) is 0 Å². The van der Waals surface area contributed by atoms with Crippen molar-refractivity contribution in [2.75, 3.05) is 24.3 Å². The van der Waals surface area contributed by atoms with E-state index in [2.05, 4.69) is 15.5 Å². The third kappa shape index (κ3) is 4.81. The second-order valence-electron chi connectivity index (χ2n) is 6.15. The molecule has 2 aromatic carbocycles. The number of carbonyl (C=O) groups excluding carboxylic acids is 1. The van der Waals surface area contributed by atoms with E-state index in [4.69, 9.17) is 11.6 Å². The van der Waals surface area contributed by atoms with E-state index >= 15 is 0 Å². The van der Waals surface area contributed by atoms with Crippen molar-refractivity contribution < 1.29 is 4.79 Å². The summed E-state index contributed by atoms with van der Waals surface area (Å²) in [5, 5.41) is 11.9. The van der Waals surface area contributed by atoms with Gasteiger partial charge in [0, 0.05) is 30.5 Å². The van der Waals surface area contributed by atoms with Crippen LogP contribution in [0.1, 0.15) is 6.92 Å². The summed E-state index contributed by atoms with van der Waals surface area (Å²) in [5.41, 5.74) is 2.68. The molecule has 3 aromatic rings. The number of hydrogen-bond acceptors (Lipinski definition) is 5. The van der Waals surface area contributed by atoms with Crippen molar-refractivity contribution in [3.05, 3.63) is 59.9 Å². The summed E-state index contributed by atoms with van der Waals surface area (Å²) in [5.74, 6) is -0.0988. The smallest absolute Gasteiger partial charge is 0.237 e. The lowest BCUT2D eigenvalue weighted by Crippen LogP contribution is -2.23. The number of anilines is 2. The number of hydrogen-bond donors (Lipinski definition) is 1. The van der Waals surface area contributed by atoms with Crippen LogP contribution in [0.3, 0.4) is 0 Å². The molecule has 0 spiro atoms. The summed E-state index contributed by atoms with van der Waals surface area (Å²) in [7, 11) is 3.95. The monoisotopic (exact) mass is 401 g/mol. The Morgan fingerprint density at radius 3 is 2.63 bits per heavy atom. The summed E-state index contributed by atoms with van der Waals surface area (Å²) in [6.07, 6.45) is 1.61. The maximum atomic E-state index is 12.5. The third-order valence-electron chi connectivity index (χ3n) is 3.91. The fraction of sp³-hybridized carbons (Fsp3) is 0.211. The molecule has 0 saturated heterocycles. The molecule has 1 unspecified atom stereocenters. The number of aromatic nitrogens is 3. The lowest BCUT2D eigenvalue weighted by atomic mass is 10.2. The molecule has 27 heavy (non-hydrogen) atoms. The minimum Gasteiger partial charge on any atom is -0.378 e. The SMILES string of the molecule is CC(Sc1nncn1-c1cccc(Cl)c1)C(=O)Nc1ccc(N(C)C)cc1. The fourth-order valence-corrected chi connectivity index (χ4v) is 3.43. The zero-order chi connectivity index (χ0) is 19.4. The van der Waals surface area contributed by atoms with Gasteiger partial charge in [-0.15, -0.1) is 10.2 Å². The van der Waals surface area contributed by atoms with Crippen LogP contribution in [0.25, 0.3) is 5.69 Å². The van der Waals surface area contributed by atoms with Crippen molar-refractivity contribution in [1.29, 1.82) is 0 Å². The van der Waals surface area contributed by atoms with Crippen LogP contribution in [0, 0.1) is 0 Å². The normalized spacial score (nSPS) is 11.9. The Morgan fingerprint density at radius 1 is 1.22 bits per heavy atom. The fourth-order valence-electron chi connectivity index (χ4n) is 2.41. The molecule has 0 saturated carbocycles. The number of carbonyl (C=O) groups is 1. The van der Waals surface area contributed by atoms with E-state index in [1.165, 1.54) is 11.8 Å². The van der Waals surface area contributed by atoms with Crippen LogP contribution >= 0.6 is 23.4 Å². The van der Waals surface area contributed by atoms with Gasteiger partial charge in [-0.05, 0) is 49.4 Å². The van der Waals surface area contributed by atoms with Crippen LogP contribution in [0.15, 0.2) is 60.0 Å². The summed E-state index contributed by atoms with van der Waals surface area (Å²) in [6, 6.07) is 15.1. The Bertz CT molecular complexity index is 926. The second-order valence-corrected chi connectivity index (χ2v) is 7.90. The van der Waals surface area contributed by atoms with Crippen LogP contribution < -0.4 is 10.2 Å². The maximum absolute atomic E-state index is 12.5. The Hall–Kier alpha value is -2.51. The van der Waals surface area contributed by atoms with Gasteiger partial charge in [-0.2, -0.15) is 0 Å². The van der Waals surface area contributed by atoms with Crippen molar-refractivity contribution >= 4 is 40.6 Å². The van der Waals surface area contributed by atoms with E-state index in [9.17, 15) is 4.79 Å².